The monoisotopic (exact) mass is 227 g/mol. The van der Waals surface area contributed by atoms with Crippen molar-refractivity contribution in [3.63, 3.8) is 0 Å². The fourth-order valence-electron chi connectivity index (χ4n) is 1.54. The summed E-state index contributed by atoms with van der Waals surface area (Å²) in [4.78, 5) is 8.26. The van der Waals surface area contributed by atoms with Gasteiger partial charge in [0.15, 0.2) is 0 Å². The molecule has 4 N–H and O–H groups in total. The first-order chi connectivity index (χ1) is 7.31. The summed E-state index contributed by atoms with van der Waals surface area (Å²) in [6, 6.07) is 0. The molecule has 0 unspecified atom stereocenters. The number of hydrogen-bond donors (Lipinski definition) is 2. The molecule has 0 aromatic carbocycles. The van der Waals surface area contributed by atoms with E-state index in [-0.39, 0.29) is 0 Å². The van der Waals surface area contributed by atoms with Crippen LogP contribution in [-0.2, 0) is 0 Å². The maximum Gasteiger partial charge on any atom is 0.224 e. The van der Waals surface area contributed by atoms with Crippen molar-refractivity contribution in [1.82, 2.24) is 9.97 Å². The number of quaternary nitrogens is 1. The molecule has 1 heterocycles. The van der Waals surface area contributed by atoms with Gasteiger partial charge in [-0.2, -0.15) is 0 Å². The van der Waals surface area contributed by atoms with Gasteiger partial charge in [-0.1, -0.05) is 0 Å². The van der Waals surface area contributed by atoms with Crippen LogP contribution in [0.15, 0.2) is 6.20 Å². The van der Waals surface area contributed by atoms with Crippen LogP contribution in [0.4, 0.5) is 5.82 Å². The standard InChI is InChI=1S/C10H15ClN4/c11-10-14-6-8(7-2-3-7)9(15-10)13-5-1-4-12/h6-7H,1-5,12H2,(H,13,14,15)/p+1. The average molecular weight is 228 g/mol. The molecule has 15 heavy (non-hydrogen) atoms. The van der Waals surface area contributed by atoms with E-state index in [9.17, 15) is 0 Å². The van der Waals surface area contributed by atoms with E-state index in [1.165, 1.54) is 18.4 Å². The highest BCUT2D eigenvalue weighted by molar-refractivity contribution is 6.28. The number of hydrogen-bond acceptors (Lipinski definition) is 3. The van der Waals surface area contributed by atoms with Crippen molar-refractivity contribution in [2.45, 2.75) is 25.2 Å². The number of nitrogens with one attached hydrogen (secondary N) is 1. The zero-order valence-corrected chi connectivity index (χ0v) is 9.43. The van der Waals surface area contributed by atoms with Crippen molar-refractivity contribution in [2.75, 3.05) is 18.4 Å². The number of rotatable bonds is 5. The molecule has 1 saturated carbocycles. The van der Waals surface area contributed by atoms with Gasteiger partial charge < -0.3 is 11.1 Å². The van der Waals surface area contributed by atoms with Crippen molar-refractivity contribution in [1.29, 1.82) is 0 Å². The lowest BCUT2D eigenvalue weighted by Crippen LogP contribution is -2.50. The Labute approximate surface area is 94.2 Å². The van der Waals surface area contributed by atoms with Gasteiger partial charge in [-0.15, -0.1) is 0 Å². The molecule has 4 nitrogen and oxygen atoms in total. The third kappa shape index (κ3) is 2.79. The number of anilines is 1. The number of nitrogens with zero attached hydrogens (tertiary/aromatic N) is 2. The van der Waals surface area contributed by atoms with Gasteiger partial charge in [0.05, 0.1) is 6.54 Å². The van der Waals surface area contributed by atoms with Crippen LogP contribution in [0.5, 0.6) is 0 Å². The van der Waals surface area contributed by atoms with Crippen molar-refractivity contribution in [3.8, 4) is 0 Å². The minimum absolute atomic E-state index is 0.316. The molecule has 0 aliphatic heterocycles. The molecule has 0 bridgehead atoms. The average Bonchev–Trinajstić information content (AvgIpc) is 3.02. The van der Waals surface area contributed by atoms with Gasteiger partial charge in [0, 0.05) is 24.7 Å². The third-order valence-electron chi connectivity index (χ3n) is 2.52. The van der Waals surface area contributed by atoms with Gasteiger partial charge in [0.25, 0.3) is 0 Å². The van der Waals surface area contributed by atoms with Crippen LogP contribution in [0.25, 0.3) is 0 Å². The summed E-state index contributed by atoms with van der Waals surface area (Å²) < 4.78 is 0. The molecule has 0 radical (unpaired) electrons. The SMILES string of the molecule is [NH3+]CCCNc1nc(Cl)ncc1C1CC1. The molecule has 0 atom stereocenters. The molecule has 5 heteroatoms. The molecule has 82 valence electrons. The summed E-state index contributed by atoms with van der Waals surface area (Å²) in [5.41, 5.74) is 5.02. The Bertz CT molecular complexity index is 338. The Morgan fingerprint density at radius 1 is 1.53 bits per heavy atom. The molecule has 2 rings (SSSR count). The van der Waals surface area contributed by atoms with Crippen molar-refractivity contribution >= 4 is 17.4 Å². The normalized spacial score (nSPS) is 15.3. The van der Waals surface area contributed by atoms with E-state index >= 15 is 0 Å². The molecule has 0 amide bonds. The molecular formula is C10H16ClN4+. The van der Waals surface area contributed by atoms with Gasteiger partial charge in [-0.05, 0) is 30.4 Å². The maximum atomic E-state index is 5.78. The summed E-state index contributed by atoms with van der Waals surface area (Å²) in [7, 11) is 0. The van der Waals surface area contributed by atoms with Crippen LogP contribution in [0.2, 0.25) is 5.28 Å². The van der Waals surface area contributed by atoms with Crippen LogP contribution in [-0.4, -0.2) is 23.1 Å². The van der Waals surface area contributed by atoms with E-state index in [0.717, 1.165) is 25.3 Å². The highest BCUT2D eigenvalue weighted by atomic mass is 35.5. The molecule has 1 aromatic heterocycles. The van der Waals surface area contributed by atoms with Crippen LogP contribution in [0, 0.1) is 0 Å². The quantitative estimate of drug-likeness (QED) is 0.584. The van der Waals surface area contributed by atoms with Crippen LogP contribution < -0.4 is 11.1 Å². The van der Waals surface area contributed by atoms with Crippen molar-refractivity contribution in [3.05, 3.63) is 17.0 Å². The zero-order chi connectivity index (χ0) is 10.7. The highest BCUT2D eigenvalue weighted by Crippen LogP contribution is 2.42. The van der Waals surface area contributed by atoms with Gasteiger partial charge in [0.1, 0.15) is 5.82 Å². The molecule has 1 aliphatic carbocycles. The van der Waals surface area contributed by atoms with Gasteiger partial charge >= 0.3 is 0 Å². The van der Waals surface area contributed by atoms with E-state index in [1.54, 1.807) is 0 Å². The summed E-state index contributed by atoms with van der Waals surface area (Å²) in [5, 5.41) is 3.62. The first-order valence-corrected chi connectivity index (χ1v) is 5.74. The Hall–Kier alpha value is -0.870. The van der Waals surface area contributed by atoms with E-state index in [2.05, 4.69) is 21.0 Å². The van der Waals surface area contributed by atoms with E-state index in [1.807, 2.05) is 6.20 Å². The minimum atomic E-state index is 0.316. The molecule has 1 aliphatic rings. The lowest BCUT2D eigenvalue weighted by molar-refractivity contribution is -0.367. The fourth-order valence-corrected chi connectivity index (χ4v) is 1.67. The number of aromatic nitrogens is 2. The molecule has 1 aromatic rings. The fraction of sp³-hybridized carbons (Fsp3) is 0.600. The van der Waals surface area contributed by atoms with Crippen LogP contribution in [0.3, 0.4) is 0 Å². The Balaban J connectivity index is 2.08. The molecule has 0 saturated heterocycles. The van der Waals surface area contributed by atoms with Gasteiger partial charge in [-0.3, -0.25) is 0 Å². The second kappa shape index (κ2) is 4.77. The van der Waals surface area contributed by atoms with Gasteiger partial charge in [0.2, 0.25) is 5.28 Å². The lowest BCUT2D eigenvalue weighted by Gasteiger charge is -2.09. The topological polar surface area (TPSA) is 65.5 Å². The minimum Gasteiger partial charge on any atom is -0.369 e. The first-order valence-electron chi connectivity index (χ1n) is 5.37. The highest BCUT2D eigenvalue weighted by Gasteiger charge is 2.27. The second-order valence-corrected chi connectivity index (χ2v) is 4.19. The molecule has 1 fully saturated rings. The summed E-state index contributed by atoms with van der Waals surface area (Å²) in [6.07, 6.45) is 5.38. The Morgan fingerprint density at radius 3 is 3.00 bits per heavy atom. The predicted molar refractivity (Wildman–Crippen MR) is 59.9 cm³/mol. The Kier molecular flexibility index (Phi) is 3.38. The molecular weight excluding hydrogens is 212 g/mol. The molecule has 0 spiro atoms. The first kappa shape index (κ1) is 10.6. The Morgan fingerprint density at radius 2 is 2.33 bits per heavy atom. The smallest absolute Gasteiger partial charge is 0.224 e. The summed E-state index contributed by atoms with van der Waals surface area (Å²) >= 11 is 5.78. The second-order valence-electron chi connectivity index (χ2n) is 3.85. The summed E-state index contributed by atoms with van der Waals surface area (Å²) in [5.74, 6) is 1.55. The van der Waals surface area contributed by atoms with E-state index < -0.39 is 0 Å². The predicted octanol–water partition coefficient (Wildman–Crippen LogP) is 1.05. The summed E-state index contributed by atoms with van der Waals surface area (Å²) in [6.45, 7) is 1.83. The zero-order valence-electron chi connectivity index (χ0n) is 8.67. The van der Waals surface area contributed by atoms with E-state index in [0.29, 0.717) is 11.2 Å². The van der Waals surface area contributed by atoms with Crippen molar-refractivity contribution in [2.24, 2.45) is 0 Å². The van der Waals surface area contributed by atoms with Crippen molar-refractivity contribution < 1.29 is 5.73 Å². The van der Waals surface area contributed by atoms with E-state index in [4.69, 9.17) is 11.6 Å². The van der Waals surface area contributed by atoms with Gasteiger partial charge in [-0.25, -0.2) is 9.97 Å². The third-order valence-corrected chi connectivity index (χ3v) is 2.71. The van der Waals surface area contributed by atoms with Crippen LogP contribution >= 0.6 is 11.6 Å². The largest absolute Gasteiger partial charge is 0.369 e. The van der Waals surface area contributed by atoms with Crippen LogP contribution in [0.1, 0.15) is 30.7 Å². The maximum absolute atomic E-state index is 5.78. The number of halogens is 1. The lowest BCUT2D eigenvalue weighted by atomic mass is 10.2.